The van der Waals surface area contributed by atoms with Crippen LogP contribution >= 0.6 is 11.8 Å². The van der Waals surface area contributed by atoms with Crippen LogP contribution in [-0.4, -0.2) is 62.3 Å². The first-order valence-electron chi connectivity index (χ1n) is 8.92. The van der Waals surface area contributed by atoms with E-state index in [1.54, 1.807) is 0 Å². The average molecular weight is 326 g/mol. The zero-order valence-corrected chi connectivity index (χ0v) is 14.8. The lowest BCUT2D eigenvalue weighted by atomic mass is 9.76. The lowest BCUT2D eigenvalue weighted by molar-refractivity contribution is -0.0370. The molecule has 0 bridgehead atoms. The smallest absolute Gasteiger partial charge is 0.193 e. The summed E-state index contributed by atoms with van der Waals surface area (Å²) in [7, 11) is 1.93. The van der Waals surface area contributed by atoms with Crippen molar-refractivity contribution in [1.29, 1.82) is 0 Å². The Balaban J connectivity index is 1.53. The number of piperidine rings is 1. The first kappa shape index (κ1) is 16.4. The summed E-state index contributed by atoms with van der Waals surface area (Å²) in [5.74, 6) is 4.60. The highest BCUT2D eigenvalue weighted by Gasteiger charge is 2.38. The van der Waals surface area contributed by atoms with Gasteiger partial charge in [0, 0.05) is 38.7 Å². The van der Waals surface area contributed by atoms with Crippen molar-refractivity contribution in [1.82, 2.24) is 10.2 Å². The fourth-order valence-corrected chi connectivity index (χ4v) is 5.34. The van der Waals surface area contributed by atoms with Crippen molar-refractivity contribution in [2.24, 2.45) is 16.3 Å². The molecule has 3 heterocycles. The fourth-order valence-electron chi connectivity index (χ4n) is 4.14. The number of likely N-dealkylation sites (tertiary alicyclic amines) is 1. The van der Waals surface area contributed by atoms with E-state index >= 15 is 0 Å². The molecule has 5 heteroatoms. The van der Waals surface area contributed by atoms with Gasteiger partial charge in [-0.05, 0) is 55.9 Å². The number of aliphatic imine (C=N–C) groups is 1. The SMILES string of the molecule is CN=C(NCC1CCSCC1)N1CCCC2(CCCOC2)C1. The van der Waals surface area contributed by atoms with Gasteiger partial charge in [0.05, 0.1) is 6.61 Å². The van der Waals surface area contributed by atoms with Crippen LogP contribution in [0.25, 0.3) is 0 Å². The normalized spacial score (nSPS) is 31.5. The molecule has 126 valence electrons. The molecule has 4 nitrogen and oxygen atoms in total. The molecule has 3 aliphatic heterocycles. The van der Waals surface area contributed by atoms with Crippen LogP contribution < -0.4 is 5.32 Å². The van der Waals surface area contributed by atoms with Gasteiger partial charge in [0.1, 0.15) is 0 Å². The molecular formula is C17H31N3OS. The second kappa shape index (κ2) is 7.91. The summed E-state index contributed by atoms with van der Waals surface area (Å²) in [4.78, 5) is 7.04. The lowest BCUT2D eigenvalue weighted by Gasteiger charge is -2.45. The van der Waals surface area contributed by atoms with Gasteiger partial charge in [-0.15, -0.1) is 0 Å². The van der Waals surface area contributed by atoms with E-state index < -0.39 is 0 Å². The Morgan fingerprint density at radius 2 is 2.14 bits per heavy atom. The van der Waals surface area contributed by atoms with E-state index in [1.165, 1.54) is 50.0 Å². The second-order valence-corrected chi connectivity index (χ2v) is 8.39. The minimum Gasteiger partial charge on any atom is -0.381 e. The maximum atomic E-state index is 5.79. The average Bonchev–Trinajstić information content (AvgIpc) is 2.57. The maximum absolute atomic E-state index is 5.79. The summed E-state index contributed by atoms with van der Waals surface area (Å²) in [5.41, 5.74) is 0.385. The molecular weight excluding hydrogens is 294 g/mol. The number of rotatable bonds is 2. The first-order valence-corrected chi connectivity index (χ1v) is 10.1. The predicted octanol–water partition coefficient (Wildman–Crippen LogP) is 2.60. The molecule has 0 saturated carbocycles. The molecule has 3 rings (SSSR count). The molecule has 22 heavy (non-hydrogen) atoms. The highest BCUT2D eigenvalue weighted by Crippen LogP contribution is 2.37. The van der Waals surface area contributed by atoms with E-state index in [-0.39, 0.29) is 0 Å². The standard InChI is InChI=1S/C17H31N3OS/c1-18-16(19-12-15-4-10-22-11-5-15)20-8-2-6-17(13-20)7-3-9-21-14-17/h15H,2-14H2,1H3,(H,18,19). The second-order valence-electron chi connectivity index (χ2n) is 7.17. The zero-order chi connectivity index (χ0) is 15.3. The molecule has 0 aromatic heterocycles. The Kier molecular flexibility index (Phi) is 5.91. The number of ether oxygens (including phenoxy) is 1. The maximum Gasteiger partial charge on any atom is 0.193 e. The van der Waals surface area contributed by atoms with Gasteiger partial charge < -0.3 is 15.0 Å². The minimum atomic E-state index is 0.385. The topological polar surface area (TPSA) is 36.9 Å². The van der Waals surface area contributed by atoms with Gasteiger partial charge in [-0.1, -0.05) is 0 Å². The highest BCUT2D eigenvalue weighted by molar-refractivity contribution is 7.99. The molecule has 0 aromatic rings. The third kappa shape index (κ3) is 4.10. The van der Waals surface area contributed by atoms with Crippen molar-refractivity contribution in [3.8, 4) is 0 Å². The molecule has 3 fully saturated rings. The minimum absolute atomic E-state index is 0.385. The van der Waals surface area contributed by atoms with Crippen LogP contribution in [-0.2, 0) is 4.74 Å². The van der Waals surface area contributed by atoms with Crippen LogP contribution in [0, 0.1) is 11.3 Å². The van der Waals surface area contributed by atoms with Gasteiger partial charge in [-0.25, -0.2) is 0 Å². The van der Waals surface area contributed by atoms with Crippen LogP contribution in [0.4, 0.5) is 0 Å². The summed E-state index contributed by atoms with van der Waals surface area (Å²) in [5, 5.41) is 3.66. The van der Waals surface area contributed by atoms with Crippen molar-refractivity contribution in [3.05, 3.63) is 0 Å². The van der Waals surface area contributed by atoms with Crippen LogP contribution in [0.3, 0.4) is 0 Å². The highest BCUT2D eigenvalue weighted by atomic mass is 32.2. The summed E-state index contributed by atoms with van der Waals surface area (Å²) >= 11 is 2.10. The number of guanidine groups is 1. The first-order chi connectivity index (χ1) is 10.8. The van der Waals surface area contributed by atoms with Gasteiger partial charge in [0.2, 0.25) is 0 Å². The monoisotopic (exact) mass is 325 g/mol. The van der Waals surface area contributed by atoms with Gasteiger partial charge >= 0.3 is 0 Å². The summed E-state index contributed by atoms with van der Waals surface area (Å²) < 4.78 is 5.79. The van der Waals surface area contributed by atoms with E-state index in [1.807, 2.05) is 7.05 Å². The molecule has 0 aliphatic carbocycles. The van der Waals surface area contributed by atoms with Gasteiger partial charge in [0.25, 0.3) is 0 Å². The lowest BCUT2D eigenvalue weighted by Crippen LogP contribution is -2.53. The Labute approximate surface area is 139 Å². The number of thioether (sulfide) groups is 1. The van der Waals surface area contributed by atoms with Crippen molar-refractivity contribution in [2.75, 3.05) is 51.4 Å². The van der Waals surface area contributed by atoms with Gasteiger partial charge in [0.15, 0.2) is 5.96 Å². The van der Waals surface area contributed by atoms with Crippen molar-refractivity contribution in [3.63, 3.8) is 0 Å². The predicted molar refractivity (Wildman–Crippen MR) is 94.7 cm³/mol. The largest absolute Gasteiger partial charge is 0.381 e. The van der Waals surface area contributed by atoms with E-state index in [0.717, 1.165) is 44.7 Å². The summed E-state index contributed by atoms with van der Waals surface area (Å²) in [6.45, 7) is 5.25. The zero-order valence-electron chi connectivity index (χ0n) is 14.0. The van der Waals surface area contributed by atoms with Crippen LogP contribution in [0.2, 0.25) is 0 Å². The third-order valence-electron chi connectivity index (χ3n) is 5.47. The number of nitrogens with zero attached hydrogens (tertiary/aromatic N) is 2. The van der Waals surface area contributed by atoms with Crippen molar-refractivity contribution < 1.29 is 4.74 Å². The Hall–Kier alpha value is -0.420. The van der Waals surface area contributed by atoms with Crippen LogP contribution in [0.5, 0.6) is 0 Å². The molecule has 0 aromatic carbocycles. The molecule has 0 amide bonds. The number of hydrogen-bond donors (Lipinski definition) is 1. The third-order valence-corrected chi connectivity index (χ3v) is 6.52. The Bertz CT molecular complexity index is 371. The fraction of sp³-hybridized carbons (Fsp3) is 0.941. The van der Waals surface area contributed by atoms with Gasteiger partial charge in [-0.3, -0.25) is 4.99 Å². The number of nitrogens with one attached hydrogen (secondary N) is 1. The van der Waals surface area contributed by atoms with E-state index in [4.69, 9.17) is 4.74 Å². The molecule has 1 atom stereocenters. The molecule has 3 saturated heterocycles. The number of hydrogen-bond acceptors (Lipinski definition) is 3. The Morgan fingerprint density at radius 3 is 2.86 bits per heavy atom. The molecule has 1 unspecified atom stereocenters. The molecule has 1 N–H and O–H groups in total. The molecule has 3 aliphatic rings. The summed E-state index contributed by atoms with van der Waals surface area (Å²) in [6.07, 6.45) is 7.84. The van der Waals surface area contributed by atoms with E-state index in [9.17, 15) is 0 Å². The van der Waals surface area contributed by atoms with Crippen LogP contribution in [0.15, 0.2) is 4.99 Å². The van der Waals surface area contributed by atoms with E-state index in [0.29, 0.717) is 5.41 Å². The quantitative estimate of drug-likeness (QED) is 0.625. The van der Waals surface area contributed by atoms with Gasteiger partial charge in [-0.2, -0.15) is 11.8 Å². The summed E-state index contributed by atoms with van der Waals surface area (Å²) in [6, 6.07) is 0. The Morgan fingerprint density at radius 1 is 1.32 bits per heavy atom. The van der Waals surface area contributed by atoms with Crippen molar-refractivity contribution in [2.45, 2.75) is 38.5 Å². The van der Waals surface area contributed by atoms with Crippen molar-refractivity contribution >= 4 is 17.7 Å². The van der Waals surface area contributed by atoms with E-state index in [2.05, 4.69) is 27.0 Å². The molecule has 1 spiro atoms. The molecule has 0 radical (unpaired) electrons. The van der Waals surface area contributed by atoms with Crippen LogP contribution in [0.1, 0.15) is 38.5 Å².